The maximum absolute atomic E-state index is 12.8. The third kappa shape index (κ3) is 6.31. The average Bonchev–Trinajstić information content (AvgIpc) is 2.88. The van der Waals surface area contributed by atoms with Crippen LogP contribution >= 0.6 is 15.9 Å². The molecule has 0 fully saturated rings. The molecule has 3 atom stereocenters. The van der Waals surface area contributed by atoms with Gasteiger partial charge < -0.3 is 14.3 Å². The zero-order chi connectivity index (χ0) is 25.5. The lowest BCUT2D eigenvalue weighted by atomic mass is 10.0. The Labute approximate surface area is 218 Å². The highest BCUT2D eigenvalue weighted by Gasteiger charge is 2.50. The van der Waals surface area contributed by atoms with Crippen molar-refractivity contribution in [1.82, 2.24) is 0 Å². The van der Waals surface area contributed by atoms with Gasteiger partial charge in [-0.25, -0.2) is 4.79 Å². The van der Waals surface area contributed by atoms with Crippen LogP contribution in [0.5, 0.6) is 0 Å². The predicted octanol–water partition coefficient (Wildman–Crippen LogP) is 5.18. The van der Waals surface area contributed by atoms with Gasteiger partial charge >= 0.3 is 5.97 Å². The molecule has 0 radical (unpaired) electrons. The van der Waals surface area contributed by atoms with Gasteiger partial charge in [0.25, 0.3) is 8.32 Å². The fourth-order valence-corrected chi connectivity index (χ4v) is 10.1. The highest BCUT2D eigenvalue weighted by molar-refractivity contribution is 9.09. The minimum Gasteiger partial charge on any atom is -0.457 e. The molecule has 0 bridgehead atoms. The first kappa shape index (κ1) is 27.3. The van der Waals surface area contributed by atoms with Gasteiger partial charge in [0.2, 0.25) is 0 Å². The second-order valence-corrected chi connectivity index (χ2v) is 15.4. The Morgan fingerprint density at radius 1 is 0.886 bits per heavy atom. The third-order valence-electron chi connectivity index (χ3n) is 6.33. The first-order valence-electron chi connectivity index (χ1n) is 12.0. The van der Waals surface area contributed by atoms with Gasteiger partial charge in [-0.15, -0.1) is 0 Å². The summed E-state index contributed by atoms with van der Waals surface area (Å²) < 4.78 is 12.9. The van der Waals surface area contributed by atoms with Crippen LogP contribution in [-0.2, 0) is 9.16 Å². The summed E-state index contributed by atoms with van der Waals surface area (Å²) in [5, 5.41) is 12.1. The Balaban J connectivity index is 1.93. The van der Waals surface area contributed by atoms with E-state index in [1.165, 1.54) is 10.4 Å². The number of benzene rings is 3. The first-order chi connectivity index (χ1) is 16.7. The SMILES string of the molecule is C[C@H](CO)[C@@H](OC(=O)c1ccccc1)[C@H](Br)CO[Si](c1ccccc1)(c1ccccc1)C(C)(C)C. The minimum absolute atomic E-state index is 0.103. The number of ether oxygens (including phenoxy) is 1. The van der Waals surface area contributed by atoms with Crippen LogP contribution in [0.2, 0.25) is 5.04 Å². The molecule has 3 aromatic carbocycles. The third-order valence-corrected chi connectivity index (χ3v) is 12.1. The minimum atomic E-state index is -2.74. The van der Waals surface area contributed by atoms with E-state index in [4.69, 9.17) is 9.16 Å². The summed E-state index contributed by atoms with van der Waals surface area (Å²) in [5.41, 5.74) is 0.482. The number of aliphatic hydroxyl groups excluding tert-OH is 1. The fraction of sp³-hybridized carbons (Fsp3) is 0.345. The highest BCUT2D eigenvalue weighted by atomic mass is 79.9. The molecule has 0 amide bonds. The topological polar surface area (TPSA) is 55.8 Å². The number of carbonyl (C=O) groups is 1. The molecule has 0 spiro atoms. The van der Waals surface area contributed by atoms with Crippen molar-refractivity contribution in [2.75, 3.05) is 13.2 Å². The van der Waals surface area contributed by atoms with Gasteiger partial charge in [0, 0.05) is 12.5 Å². The maximum Gasteiger partial charge on any atom is 0.338 e. The molecule has 0 aromatic heterocycles. The number of hydrogen-bond acceptors (Lipinski definition) is 4. The molecule has 3 aromatic rings. The van der Waals surface area contributed by atoms with Crippen LogP contribution < -0.4 is 10.4 Å². The van der Waals surface area contributed by atoms with E-state index in [0.717, 1.165) is 0 Å². The number of aliphatic hydroxyl groups is 1. The number of esters is 1. The lowest BCUT2D eigenvalue weighted by Gasteiger charge is -2.44. The van der Waals surface area contributed by atoms with Crippen LogP contribution in [0, 0.1) is 5.92 Å². The summed E-state index contributed by atoms with van der Waals surface area (Å²) in [6, 6.07) is 29.8. The van der Waals surface area contributed by atoms with Crippen LogP contribution in [0.15, 0.2) is 91.0 Å². The summed E-state index contributed by atoms with van der Waals surface area (Å²) in [7, 11) is -2.74. The van der Waals surface area contributed by atoms with Gasteiger partial charge in [-0.3, -0.25) is 0 Å². The van der Waals surface area contributed by atoms with E-state index in [2.05, 4.69) is 85.2 Å². The van der Waals surface area contributed by atoms with E-state index in [9.17, 15) is 9.90 Å². The number of alkyl halides is 1. The van der Waals surface area contributed by atoms with Crippen molar-refractivity contribution in [3.8, 4) is 0 Å². The van der Waals surface area contributed by atoms with Crippen molar-refractivity contribution in [3.05, 3.63) is 96.6 Å². The van der Waals surface area contributed by atoms with Crippen LogP contribution in [0.4, 0.5) is 0 Å². The average molecular weight is 556 g/mol. The summed E-state index contributed by atoms with van der Waals surface area (Å²) in [5.74, 6) is -0.680. The fourth-order valence-electron chi connectivity index (χ4n) is 4.48. The lowest BCUT2D eigenvalue weighted by molar-refractivity contribution is 0.00340. The van der Waals surface area contributed by atoms with Crippen molar-refractivity contribution >= 4 is 40.6 Å². The van der Waals surface area contributed by atoms with Gasteiger partial charge in [0.1, 0.15) is 6.10 Å². The predicted molar refractivity (Wildman–Crippen MR) is 148 cm³/mol. The molecule has 0 aliphatic carbocycles. The van der Waals surface area contributed by atoms with E-state index in [1.807, 2.05) is 25.1 Å². The normalized spacial score (nSPS) is 14.7. The Hall–Kier alpha value is -2.25. The lowest BCUT2D eigenvalue weighted by Crippen LogP contribution is -2.67. The van der Waals surface area contributed by atoms with Crippen LogP contribution in [0.3, 0.4) is 0 Å². The van der Waals surface area contributed by atoms with E-state index >= 15 is 0 Å². The first-order valence-corrected chi connectivity index (χ1v) is 14.8. The molecule has 35 heavy (non-hydrogen) atoms. The largest absolute Gasteiger partial charge is 0.457 e. The Morgan fingerprint density at radius 2 is 1.34 bits per heavy atom. The van der Waals surface area contributed by atoms with E-state index in [0.29, 0.717) is 12.2 Å². The maximum atomic E-state index is 12.8. The molecular formula is C29H35BrO4Si. The zero-order valence-electron chi connectivity index (χ0n) is 20.9. The summed E-state index contributed by atoms with van der Waals surface area (Å²) >= 11 is 3.76. The van der Waals surface area contributed by atoms with Crippen molar-refractivity contribution in [2.45, 2.75) is 43.7 Å². The van der Waals surface area contributed by atoms with Crippen LogP contribution in [0.1, 0.15) is 38.1 Å². The van der Waals surface area contributed by atoms with Gasteiger partial charge in [0.15, 0.2) is 0 Å². The van der Waals surface area contributed by atoms with Gasteiger partial charge in [-0.2, -0.15) is 0 Å². The Kier molecular flexibility index (Phi) is 9.47. The number of hydrogen-bond donors (Lipinski definition) is 1. The van der Waals surface area contributed by atoms with Gasteiger partial charge in [0.05, 0.1) is 17.0 Å². The highest BCUT2D eigenvalue weighted by Crippen LogP contribution is 2.37. The Bertz CT molecular complexity index is 1010. The number of rotatable bonds is 10. The molecule has 0 unspecified atom stereocenters. The molecular weight excluding hydrogens is 520 g/mol. The molecule has 0 saturated heterocycles. The van der Waals surface area contributed by atoms with Crippen LogP contribution in [0.25, 0.3) is 0 Å². The van der Waals surface area contributed by atoms with Crippen molar-refractivity contribution in [1.29, 1.82) is 0 Å². The standard InChI is InChI=1S/C29H35BrO4Si/c1-22(20-31)27(34-28(32)23-14-8-5-9-15-23)26(30)21-33-35(29(2,3)4,24-16-10-6-11-17-24)25-18-12-7-13-19-25/h5-19,22,26-27,31H,20-21H2,1-4H3/t22-,26-,27-/m1/s1. The van der Waals surface area contributed by atoms with Crippen molar-refractivity contribution in [3.63, 3.8) is 0 Å². The quantitative estimate of drug-likeness (QED) is 0.213. The second-order valence-electron chi connectivity index (χ2n) is 9.89. The molecule has 0 saturated carbocycles. The molecule has 0 heterocycles. The summed E-state index contributed by atoms with van der Waals surface area (Å²) in [4.78, 5) is 12.5. The summed E-state index contributed by atoms with van der Waals surface area (Å²) in [6.07, 6.45) is -0.564. The summed E-state index contributed by atoms with van der Waals surface area (Å²) in [6.45, 7) is 8.78. The smallest absolute Gasteiger partial charge is 0.338 e. The molecule has 1 N–H and O–H groups in total. The Morgan fingerprint density at radius 3 is 1.77 bits per heavy atom. The molecule has 6 heteroatoms. The molecule has 0 aliphatic heterocycles. The van der Waals surface area contributed by atoms with E-state index in [1.54, 1.807) is 24.3 Å². The molecule has 186 valence electrons. The number of carbonyl (C=O) groups excluding carboxylic acids is 1. The second kappa shape index (κ2) is 12.1. The zero-order valence-corrected chi connectivity index (χ0v) is 23.4. The van der Waals surface area contributed by atoms with Crippen LogP contribution in [-0.4, -0.2) is 43.5 Å². The monoisotopic (exact) mass is 554 g/mol. The van der Waals surface area contributed by atoms with Crippen molar-refractivity contribution < 1.29 is 19.1 Å². The van der Waals surface area contributed by atoms with Crippen molar-refractivity contribution in [2.24, 2.45) is 5.92 Å². The molecule has 3 rings (SSSR count). The van der Waals surface area contributed by atoms with E-state index in [-0.39, 0.29) is 22.4 Å². The molecule has 4 nitrogen and oxygen atoms in total. The number of halogens is 1. The van der Waals surface area contributed by atoms with Gasteiger partial charge in [-0.1, -0.05) is 122 Å². The molecule has 0 aliphatic rings. The van der Waals surface area contributed by atoms with Gasteiger partial charge in [-0.05, 0) is 27.5 Å². The van der Waals surface area contributed by atoms with E-state index < -0.39 is 20.4 Å².